The standard InChI is InChI=1S/C19H21NO/c1-2-17-12-16(7-10-19(17)21-11-1)15-5-3-14(4-6-15)13-20-18-8-9-18/h3-7,10,12,18,20H,1-2,8-9,11,13H2. The molecule has 21 heavy (non-hydrogen) atoms. The largest absolute Gasteiger partial charge is 0.493 e. The highest BCUT2D eigenvalue weighted by atomic mass is 16.5. The minimum Gasteiger partial charge on any atom is -0.493 e. The topological polar surface area (TPSA) is 21.3 Å². The van der Waals surface area contributed by atoms with Crippen molar-refractivity contribution in [1.82, 2.24) is 5.32 Å². The molecule has 1 aliphatic heterocycles. The third-order valence-corrected chi connectivity index (χ3v) is 4.37. The minimum absolute atomic E-state index is 0.769. The molecule has 1 heterocycles. The lowest BCUT2D eigenvalue weighted by atomic mass is 9.98. The van der Waals surface area contributed by atoms with Crippen LogP contribution in [0, 0.1) is 0 Å². The van der Waals surface area contributed by atoms with Gasteiger partial charge in [0.2, 0.25) is 0 Å². The van der Waals surface area contributed by atoms with E-state index in [1.54, 1.807) is 0 Å². The fourth-order valence-corrected chi connectivity index (χ4v) is 2.90. The van der Waals surface area contributed by atoms with Crippen LogP contribution in [-0.2, 0) is 13.0 Å². The highest BCUT2D eigenvalue weighted by Gasteiger charge is 2.19. The summed E-state index contributed by atoms with van der Waals surface area (Å²) >= 11 is 0. The zero-order valence-electron chi connectivity index (χ0n) is 12.3. The maximum Gasteiger partial charge on any atom is 0.122 e. The molecule has 0 atom stereocenters. The lowest BCUT2D eigenvalue weighted by Gasteiger charge is -2.18. The van der Waals surface area contributed by atoms with Crippen LogP contribution in [0.25, 0.3) is 11.1 Å². The molecule has 1 fully saturated rings. The Hall–Kier alpha value is -1.80. The molecule has 2 aliphatic rings. The SMILES string of the molecule is c1cc(-c2ccc3c(c2)CCCO3)ccc1CNC1CC1. The second kappa shape index (κ2) is 5.53. The van der Waals surface area contributed by atoms with Crippen LogP contribution in [0.15, 0.2) is 42.5 Å². The van der Waals surface area contributed by atoms with Gasteiger partial charge in [-0.3, -0.25) is 0 Å². The number of benzene rings is 2. The van der Waals surface area contributed by atoms with Gasteiger partial charge < -0.3 is 10.1 Å². The number of fused-ring (bicyclic) bond motifs is 1. The van der Waals surface area contributed by atoms with Crippen LogP contribution < -0.4 is 10.1 Å². The van der Waals surface area contributed by atoms with Gasteiger partial charge in [-0.1, -0.05) is 30.3 Å². The maximum absolute atomic E-state index is 5.69. The summed E-state index contributed by atoms with van der Waals surface area (Å²) in [6.45, 7) is 1.85. The van der Waals surface area contributed by atoms with Crippen LogP contribution in [0.4, 0.5) is 0 Å². The molecule has 0 saturated heterocycles. The van der Waals surface area contributed by atoms with Crippen molar-refractivity contribution < 1.29 is 4.74 Å². The number of aryl methyl sites for hydroxylation is 1. The van der Waals surface area contributed by atoms with Gasteiger partial charge in [0.15, 0.2) is 0 Å². The van der Waals surface area contributed by atoms with Crippen molar-refractivity contribution in [2.75, 3.05) is 6.61 Å². The highest BCUT2D eigenvalue weighted by Crippen LogP contribution is 2.30. The molecule has 0 unspecified atom stereocenters. The number of nitrogens with one attached hydrogen (secondary N) is 1. The molecule has 0 bridgehead atoms. The van der Waals surface area contributed by atoms with Crippen LogP contribution in [0.5, 0.6) is 5.75 Å². The van der Waals surface area contributed by atoms with Crippen LogP contribution >= 0.6 is 0 Å². The molecule has 1 aliphatic carbocycles. The van der Waals surface area contributed by atoms with E-state index < -0.39 is 0 Å². The molecule has 1 saturated carbocycles. The van der Waals surface area contributed by atoms with Gasteiger partial charge in [-0.15, -0.1) is 0 Å². The Kier molecular flexibility index (Phi) is 3.40. The third-order valence-electron chi connectivity index (χ3n) is 4.37. The molecule has 1 N–H and O–H groups in total. The summed E-state index contributed by atoms with van der Waals surface area (Å²) in [7, 11) is 0. The van der Waals surface area contributed by atoms with Gasteiger partial charge in [0.1, 0.15) is 5.75 Å². The number of ether oxygens (including phenoxy) is 1. The van der Waals surface area contributed by atoms with Crippen molar-refractivity contribution in [3.8, 4) is 16.9 Å². The van der Waals surface area contributed by atoms with Gasteiger partial charge in [-0.25, -0.2) is 0 Å². The van der Waals surface area contributed by atoms with E-state index in [0.717, 1.165) is 37.8 Å². The Labute approximate surface area is 126 Å². The molecule has 2 heteroatoms. The summed E-state index contributed by atoms with van der Waals surface area (Å²) in [5, 5.41) is 3.56. The molecule has 108 valence electrons. The first kappa shape index (κ1) is 12.9. The Balaban J connectivity index is 1.52. The Morgan fingerprint density at radius 3 is 2.62 bits per heavy atom. The normalized spacial score (nSPS) is 17.1. The lowest BCUT2D eigenvalue weighted by Crippen LogP contribution is -2.15. The van der Waals surface area contributed by atoms with E-state index in [1.807, 2.05) is 0 Å². The number of hydrogen-bond acceptors (Lipinski definition) is 2. The molecule has 2 aromatic carbocycles. The van der Waals surface area contributed by atoms with Crippen molar-refractivity contribution in [3.05, 3.63) is 53.6 Å². The number of hydrogen-bond donors (Lipinski definition) is 1. The molecule has 2 aromatic rings. The maximum atomic E-state index is 5.69. The molecular weight excluding hydrogens is 258 g/mol. The monoisotopic (exact) mass is 279 g/mol. The second-order valence-corrected chi connectivity index (χ2v) is 6.13. The Morgan fingerprint density at radius 1 is 1.00 bits per heavy atom. The highest BCUT2D eigenvalue weighted by molar-refractivity contribution is 5.66. The molecule has 0 aromatic heterocycles. The van der Waals surface area contributed by atoms with Gasteiger partial charge in [0.05, 0.1) is 6.61 Å². The summed E-state index contributed by atoms with van der Waals surface area (Å²) in [5.41, 5.74) is 5.30. The zero-order chi connectivity index (χ0) is 14.1. The van der Waals surface area contributed by atoms with E-state index in [1.165, 1.54) is 35.1 Å². The van der Waals surface area contributed by atoms with Crippen LogP contribution in [0.1, 0.15) is 30.4 Å². The summed E-state index contributed by atoms with van der Waals surface area (Å²) in [6.07, 6.45) is 4.94. The molecule has 0 spiro atoms. The van der Waals surface area contributed by atoms with Gasteiger partial charge in [-0.2, -0.15) is 0 Å². The van der Waals surface area contributed by atoms with Crippen LogP contribution in [0.3, 0.4) is 0 Å². The average molecular weight is 279 g/mol. The van der Waals surface area contributed by atoms with E-state index in [-0.39, 0.29) is 0 Å². The predicted octanol–water partition coefficient (Wildman–Crippen LogP) is 3.93. The Bertz CT molecular complexity index is 629. The molecular formula is C19H21NO. The first-order valence-electron chi connectivity index (χ1n) is 7.97. The summed E-state index contributed by atoms with van der Waals surface area (Å²) in [4.78, 5) is 0. The third kappa shape index (κ3) is 2.96. The summed E-state index contributed by atoms with van der Waals surface area (Å²) < 4.78 is 5.69. The second-order valence-electron chi connectivity index (χ2n) is 6.13. The van der Waals surface area contributed by atoms with E-state index in [0.29, 0.717) is 0 Å². The van der Waals surface area contributed by atoms with E-state index >= 15 is 0 Å². The number of rotatable bonds is 4. The van der Waals surface area contributed by atoms with Crippen LogP contribution in [-0.4, -0.2) is 12.6 Å². The summed E-state index contributed by atoms with van der Waals surface area (Å²) in [5.74, 6) is 1.07. The first-order valence-corrected chi connectivity index (χ1v) is 7.97. The molecule has 0 radical (unpaired) electrons. The summed E-state index contributed by atoms with van der Waals surface area (Å²) in [6, 6.07) is 16.3. The fourth-order valence-electron chi connectivity index (χ4n) is 2.90. The zero-order valence-corrected chi connectivity index (χ0v) is 12.3. The van der Waals surface area contributed by atoms with E-state index in [2.05, 4.69) is 47.8 Å². The van der Waals surface area contributed by atoms with Gasteiger partial charge in [0, 0.05) is 12.6 Å². The first-order chi connectivity index (χ1) is 10.4. The van der Waals surface area contributed by atoms with Crippen molar-refractivity contribution in [2.45, 2.75) is 38.3 Å². The van der Waals surface area contributed by atoms with Crippen LogP contribution in [0.2, 0.25) is 0 Å². The van der Waals surface area contributed by atoms with Crippen molar-refractivity contribution in [1.29, 1.82) is 0 Å². The van der Waals surface area contributed by atoms with Crippen molar-refractivity contribution in [3.63, 3.8) is 0 Å². The smallest absolute Gasteiger partial charge is 0.122 e. The predicted molar refractivity (Wildman–Crippen MR) is 85.6 cm³/mol. The van der Waals surface area contributed by atoms with Gasteiger partial charge in [0.25, 0.3) is 0 Å². The Morgan fingerprint density at radius 2 is 1.81 bits per heavy atom. The molecule has 0 amide bonds. The molecule has 4 rings (SSSR count). The fraction of sp³-hybridized carbons (Fsp3) is 0.368. The van der Waals surface area contributed by atoms with E-state index in [9.17, 15) is 0 Å². The van der Waals surface area contributed by atoms with E-state index in [4.69, 9.17) is 4.74 Å². The molecule has 2 nitrogen and oxygen atoms in total. The van der Waals surface area contributed by atoms with Crippen molar-refractivity contribution in [2.24, 2.45) is 0 Å². The minimum atomic E-state index is 0.769. The van der Waals surface area contributed by atoms with Gasteiger partial charge >= 0.3 is 0 Å². The lowest BCUT2D eigenvalue weighted by molar-refractivity contribution is 0.288. The average Bonchev–Trinajstić information content (AvgIpc) is 3.37. The quantitative estimate of drug-likeness (QED) is 0.915. The van der Waals surface area contributed by atoms with Gasteiger partial charge in [-0.05, 0) is 60.1 Å². The van der Waals surface area contributed by atoms with Crippen molar-refractivity contribution >= 4 is 0 Å².